The fourth-order valence-corrected chi connectivity index (χ4v) is 2.84. The first-order valence-corrected chi connectivity index (χ1v) is 7.26. The van der Waals surface area contributed by atoms with Crippen LogP contribution in [0.5, 0.6) is 0 Å². The highest BCUT2D eigenvalue weighted by Gasteiger charge is 2.24. The number of allylic oxidation sites excluding steroid dienone is 1. The zero-order valence-corrected chi connectivity index (χ0v) is 11.6. The zero-order chi connectivity index (χ0) is 13.7. The molecule has 102 valence electrons. The molecule has 2 unspecified atom stereocenters. The SMILES string of the molecule is CCC1CCCC(C(=O)/C=C/c2ccc(N)cc2)C1. The molecule has 1 saturated carbocycles. The Bertz CT molecular complexity index is 447. The van der Waals surface area contributed by atoms with Crippen molar-refractivity contribution < 1.29 is 4.79 Å². The lowest BCUT2D eigenvalue weighted by molar-refractivity contribution is -0.119. The predicted octanol–water partition coefficient (Wildman–Crippen LogP) is 4.07. The van der Waals surface area contributed by atoms with Crippen LogP contribution in [0.3, 0.4) is 0 Å². The van der Waals surface area contributed by atoms with E-state index in [1.165, 1.54) is 19.3 Å². The Morgan fingerprint density at radius 3 is 2.74 bits per heavy atom. The Labute approximate surface area is 115 Å². The lowest BCUT2D eigenvalue weighted by atomic mass is 9.78. The van der Waals surface area contributed by atoms with Gasteiger partial charge in [-0.2, -0.15) is 0 Å². The fraction of sp³-hybridized carbons (Fsp3) is 0.471. The third-order valence-electron chi connectivity index (χ3n) is 4.14. The highest BCUT2D eigenvalue weighted by molar-refractivity contribution is 5.95. The second-order valence-corrected chi connectivity index (χ2v) is 5.54. The minimum Gasteiger partial charge on any atom is -0.399 e. The maximum Gasteiger partial charge on any atom is 0.158 e. The summed E-state index contributed by atoms with van der Waals surface area (Å²) < 4.78 is 0. The lowest BCUT2D eigenvalue weighted by Gasteiger charge is -2.26. The Hall–Kier alpha value is -1.57. The van der Waals surface area contributed by atoms with E-state index in [0.717, 1.165) is 30.0 Å². The smallest absolute Gasteiger partial charge is 0.158 e. The highest BCUT2D eigenvalue weighted by Crippen LogP contribution is 2.31. The number of carbonyl (C=O) groups excluding carboxylic acids is 1. The summed E-state index contributed by atoms with van der Waals surface area (Å²) in [5.74, 6) is 1.27. The number of nitrogens with two attached hydrogens (primary N) is 1. The van der Waals surface area contributed by atoms with E-state index in [1.807, 2.05) is 30.3 Å². The maximum atomic E-state index is 12.2. The first-order chi connectivity index (χ1) is 9.19. The molecule has 0 heterocycles. The van der Waals surface area contributed by atoms with E-state index in [1.54, 1.807) is 6.08 Å². The third-order valence-corrected chi connectivity index (χ3v) is 4.14. The third kappa shape index (κ3) is 3.95. The minimum absolute atomic E-state index is 0.240. The van der Waals surface area contributed by atoms with Crippen LogP contribution < -0.4 is 5.73 Å². The van der Waals surface area contributed by atoms with Crippen LogP contribution in [0.25, 0.3) is 6.08 Å². The summed E-state index contributed by atoms with van der Waals surface area (Å²) in [6.07, 6.45) is 9.46. The zero-order valence-electron chi connectivity index (χ0n) is 11.6. The molecule has 2 nitrogen and oxygen atoms in total. The van der Waals surface area contributed by atoms with Gasteiger partial charge >= 0.3 is 0 Å². The van der Waals surface area contributed by atoms with Crippen molar-refractivity contribution in [3.63, 3.8) is 0 Å². The lowest BCUT2D eigenvalue weighted by Crippen LogP contribution is -2.21. The Morgan fingerprint density at radius 1 is 1.32 bits per heavy atom. The number of hydrogen-bond acceptors (Lipinski definition) is 2. The molecule has 0 radical (unpaired) electrons. The van der Waals surface area contributed by atoms with Crippen molar-refractivity contribution in [3.05, 3.63) is 35.9 Å². The van der Waals surface area contributed by atoms with Gasteiger partial charge in [0.25, 0.3) is 0 Å². The van der Waals surface area contributed by atoms with Gasteiger partial charge < -0.3 is 5.73 Å². The van der Waals surface area contributed by atoms with Gasteiger partial charge in [-0.05, 0) is 42.5 Å². The normalized spacial score (nSPS) is 23.6. The van der Waals surface area contributed by atoms with E-state index in [-0.39, 0.29) is 11.7 Å². The Kier molecular flexibility index (Phi) is 4.78. The molecule has 2 heteroatoms. The van der Waals surface area contributed by atoms with Gasteiger partial charge in [-0.15, -0.1) is 0 Å². The average molecular weight is 257 g/mol. The number of rotatable bonds is 4. The van der Waals surface area contributed by atoms with E-state index in [0.29, 0.717) is 0 Å². The van der Waals surface area contributed by atoms with Crippen molar-refractivity contribution in [3.8, 4) is 0 Å². The molecule has 2 atom stereocenters. The number of carbonyl (C=O) groups is 1. The summed E-state index contributed by atoms with van der Waals surface area (Å²) in [7, 11) is 0. The quantitative estimate of drug-likeness (QED) is 0.652. The highest BCUT2D eigenvalue weighted by atomic mass is 16.1. The van der Waals surface area contributed by atoms with Gasteiger partial charge in [0.1, 0.15) is 0 Å². The van der Waals surface area contributed by atoms with Crippen molar-refractivity contribution in [2.45, 2.75) is 39.0 Å². The second kappa shape index (κ2) is 6.55. The molecule has 0 bridgehead atoms. The molecule has 2 rings (SSSR count). The van der Waals surface area contributed by atoms with Gasteiger partial charge in [0.05, 0.1) is 0 Å². The van der Waals surface area contributed by atoms with Crippen molar-refractivity contribution in [2.24, 2.45) is 11.8 Å². The van der Waals surface area contributed by atoms with Crippen LogP contribution in [0, 0.1) is 11.8 Å². The van der Waals surface area contributed by atoms with Crippen LogP contribution in [-0.2, 0) is 4.79 Å². The van der Waals surface area contributed by atoms with Gasteiger partial charge in [0, 0.05) is 11.6 Å². The molecule has 2 N–H and O–H groups in total. The van der Waals surface area contributed by atoms with Gasteiger partial charge in [-0.1, -0.05) is 44.4 Å². The van der Waals surface area contributed by atoms with Gasteiger partial charge in [0.15, 0.2) is 5.78 Å². The standard InChI is InChI=1S/C17H23NO/c1-2-13-4-3-5-15(12-13)17(19)11-8-14-6-9-16(18)10-7-14/h6-11,13,15H,2-5,12,18H2,1H3/b11-8+. The molecular weight excluding hydrogens is 234 g/mol. The fourth-order valence-electron chi connectivity index (χ4n) is 2.84. The molecule has 1 fully saturated rings. The summed E-state index contributed by atoms with van der Waals surface area (Å²) >= 11 is 0. The van der Waals surface area contributed by atoms with Crippen LogP contribution >= 0.6 is 0 Å². The van der Waals surface area contributed by atoms with E-state index < -0.39 is 0 Å². The Morgan fingerprint density at radius 2 is 2.05 bits per heavy atom. The van der Waals surface area contributed by atoms with Crippen LogP contribution in [0.4, 0.5) is 5.69 Å². The molecule has 0 saturated heterocycles. The summed E-state index contributed by atoms with van der Waals surface area (Å²) in [5, 5.41) is 0. The molecule has 0 aliphatic heterocycles. The number of anilines is 1. The molecule has 1 aromatic rings. The molecule has 1 aromatic carbocycles. The van der Waals surface area contributed by atoms with E-state index in [9.17, 15) is 4.79 Å². The van der Waals surface area contributed by atoms with Crippen LogP contribution in [-0.4, -0.2) is 5.78 Å². The molecule has 0 aromatic heterocycles. The molecule has 19 heavy (non-hydrogen) atoms. The summed E-state index contributed by atoms with van der Waals surface area (Å²) in [6.45, 7) is 2.22. The van der Waals surface area contributed by atoms with E-state index in [2.05, 4.69) is 6.92 Å². The van der Waals surface area contributed by atoms with Crippen molar-refractivity contribution in [1.29, 1.82) is 0 Å². The van der Waals surface area contributed by atoms with Gasteiger partial charge in [-0.25, -0.2) is 0 Å². The number of hydrogen-bond donors (Lipinski definition) is 1. The molecule has 0 spiro atoms. The minimum atomic E-state index is 0.240. The largest absolute Gasteiger partial charge is 0.399 e. The molecule has 0 amide bonds. The van der Waals surface area contributed by atoms with E-state index in [4.69, 9.17) is 5.73 Å². The van der Waals surface area contributed by atoms with Crippen LogP contribution in [0.15, 0.2) is 30.3 Å². The average Bonchev–Trinajstić information content (AvgIpc) is 2.46. The van der Waals surface area contributed by atoms with Crippen molar-refractivity contribution >= 4 is 17.5 Å². The second-order valence-electron chi connectivity index (χ2n) is 5.54. The Balaban J connectivity index is 1.94. The summed E-state index contributed by atoms with van der Waals surface area (Å²) in [6, 6.07) is 7.60. The van der Waals surface area contributed by atoms with Crippen LogP contribution in [0.2, 0.25) is 0 Å². The number of nitrogen functional groups attached to an aromatic ring is 1. The summed E-state index contributed by atoms with van der Waals surface area (Å²) in [4.78, 5) is 12.2. The van der Waals surface area contributed by atoms with Crippen molar-refractivity contribution in [1.82, 2.24) is 0 Å². The summed E-state index contributed by atoms with van der Waals surface area (Å²) in [5.41, 5.74) is 7.42. The first kappa shape index (κ1) is 13.9. The predicted molar refractivity (Wildman–Crippen MR) is 80.6 cm³/mol. The van der Waals surface area contributed by atoms with Crippen LogP contribution in [0.1, 0.15) is 44.6 Å². The van der Waals surface area contributed by atoms with E-state index >= 15 is 0 Å². The topological polar surface area (TPSA) is 43.1 Å². The monoisotopic (exact) mass is 257 g/mol. The number of ketones is 1. The molecule has 1 aliphatic carbocycles. The number of benzene rings is 1. The first-order valence-electron chi connectivity index (χ1n) is 7.26. The maximum absolute atomic E-state index is 12.2. The molecule has 1 aliphatic rings. The van der Waals surface area contributed by atoms with Gasteiger partial charge in [0.2, 0.25) is 0 Å². The van der Waals surface area contributed by atoms with Crippen molar-refractivity contribution in [2.75, 3.05) is 5.73 Å². The van der Waals surface area contributed by atoms with Gasteiger partial charge in [-0.3, -0.25) is 4.79 Å². The molecular formula is C17H23NO.